The van der Waals surface area contributed by atoms with Gasteiger partial charge in [0.05, 0.1) is 23.5 Å². The van der Waals surface area contributed by atoms with Crippen molar-refractivity contribution >= 4 is 28.5 Å². The van der Waals surface area contributed by atoms with E-state index in [-0.39, 0.29) is 40.0 Å². The molecule has 1 aliphatic rings. The summed E-state index contributed by atoms with van der Waals surface area (Å²) >= 11 is 0. The second-order valence-corrected chi connectivity index (χ2v) is 11.2. The van der Waals surface area contributed by atoms with Crippen LogP contribution in [0.15, 0.2) is 30.6 Å². The zero-order valence-electron chi connectivity index (χ0n) is 22.4. The number of nitrogens with zero attached hydrogens (tertiary/aromatic N) is 4. The van der Waals surface area contributed by atoms with Crippen molar-refractivity contribution < 1.29 is 14.7 Å². The molecule has 0 radical (unpaired) electrons. The van der Waals surface area contributed by atoms with Crippen LogP contribution in [0.1, 0.15) is 73.5 Å². The van der Waals surface area contributed by atoms with Crippen molar-refractivity contribution in [2.45, 2.75) is 53.4 Å². The molecule has 3 heterocycles. The van der Waals surface area contributed by atoms with Gasteiger partial charge in [-0.05, 0) is 60.4 Å². The first-order chi connectivity index (χ1) is 17.4. The summed E-state index contributed by atoms with van der Waals surface area (Å²) in [4.78, 5) is 32.6. The largest absolute Gasteiger partial charge is 0.508 e. The number of pyridine rings is 1. The second kappa shape index (κ2) is 9.89. The lowest BCUT2D eigenvalue weighted by molar-refractivity contribution is -0.139. The van der Waals surface area contributed by atoms with Crippen LogP contribution in [0.4, 0.5) is 5.69 Å². The molecule has 1 atom stereocenters. The summed E-state index contributed by atoms with van der Waals surface area (Å²) in [7, 11) is 1.97. The lowest BCUT2D eigenvalue weighted by Gasteiger charge is -2.37. The van der Waals surface area contributed by atoms with Gasteiger partial charge in [0.1, 0.15) is 11.4 Å². The molecule has 1 saturated heterocycles. The molecule has 1 aliphatic heterocycles. The molecule has 3 aromatic rings. The van der Waals surface area contributed by atoms with Gasteiger partial charge in [-0.15, -0.1) is 0 Å². The highest BCUT2D eigenvalue weighted by Gasteiger charge is 2.33. The Kier molecular flexibility index (Phi) is 7.00. The number of benzene rings is 1. The van der Waals surface area contributed by atoms with E-state index in [1.165, 1.54) is 23.8 Å². The Morgan fingerprint density at radius 1 is 1.22 bits per heavy atom. The predicted octanol–water partition coefficient (Wildman–Crippen LogP) is 5.10. The van der Waals surface area contributed by atoms with E-state index in [9.17, 15) is 14.7 Å². The molecule has 0 aliphatic carbocycles. The van der Waals surface area contributed by atoms with Crippen LogP contribution in [0.25, 0.3) is 11.0 Å². The Labute approximate surface area is 217 Å². The highest BCUT2D eigenvalue weighted by molar-refractivity contribution is 6.06. The standard InChI is InChI=1S/C29H35N5O3/c1-17-24(32-27(36)21-11-19(14-30)12-22(35)13-21)15-31-26-25(17)23(16-33(26)6)20-7-9-34(10-8-20)28(37)18(2)29(3,4)5/h11-13,15-16,18,20,35H,7-10H2,1-6H3,(H,32,36)/t18-/m0/s1. The van der Waals surface area contributed by atoms with Crippen molar-refractivity contribution in [3.63, 3.8) is 0 Å². The Hall–Kier alpha value is -3.86. The van der Waals surface area contributed by atoms with Gasteiger partial charge in [0.2, 0.25) is 5.91 Å². The maximum atomic E-state index is 13.0. The van der Waals surface area contributed by atoms with E-state index in [1.807, 2.05) is 36.4 Å². The lowest BCUT2D eigenvalue weighted by atomic mass is 9.80. The lowest BCUT2D eigenvalue weighted by Crippen LogP contribution is -2.43. The number of anilines is 1. The van der Waals surface area contributed by atoms with Crippen LogP contribution in [0.2, 0.25) is 0 Å². The number of aromatic hydroxyl groups is 1. The Morgan fingerprint density at radius 2 is 1.89 bits per heavy atom. The molecular weight excluding hydrogens is 466 g/mol. The van der Waals surface area contributed by atoms with Gasteiger partial charge in [-0.2, -0.15) is 5.26 Å². The van der Waals surface area contributed by atoms with Crippen molar-refractivity contribution in [2.24, 2.45) is 18.4 Å². The molecular formula is C29H35N5O3. The normalized spacial score (nSPS) is 15.4. The monoisotopic (exact) mass is 501 g/mol. The third-order valence-electron chi connectivity index (χ3n) is 7.75. The Morgan fingerprint density at radius 3 is 2.51 bits per heavy atom. The van der Waals surface area contributed by atoms with Crippen LogP contribution >= 0.6 is 0 Å². The quantitative estimate of drug-likeness (QED) is 0.517. The van der Waals surface area contributed by atoms with E-state index in [0.29, 0.717) is 5.69 Å². The molecule has 0 unspecified atom stereocenters. The molecule has 0 spiro atoms. The summed E-state index contributed by atoms with van der Waals surface area (Å²) in [5.41, 5.74) is 3.86. The number of phenolic OH excluding ortho intramolecular Hbond substituents is 1. The molecule has 2 aromatic heterocycles. The van der Waals surface area contributed by atoms with E-state index in [4.69, 9.17) is 5.26 Å². The number of nitriles is 1. The smallest absolute Gasteiger partial charge is 0.255 e. The number of likely N-dealkylation sites (tertiary alicyclic amines) is 1. The van der Waals surface area contributed by atoms with Crippen LogP contribution in [0.5, 0.6) is 5.75 Å². The van der Waals surface area contributed by atoms with Crippen LogP contribution in [-0.4, -0.2) is 44.5 Å². The van der Waals surface area contributed by atoms with Gasteiger partial charge in [0, 0.05) is 43.2 Å². The van der Waals surface area contributed by atoms with Gasteiger partial charge < -0.3 is 19.9 Å². The zero-order chi connectivity index (χ0) is 27.1. The molecule has 1 aromatic carbocycles. The van der Waals surface area contributed by atoms with Gasteiger partial charge in [-0.1, -0.05) is 27.7 Å². The molecule has 8 nitrogen and oxygen atoms in total. The van der Waals surface area contributed by atoms with Gasteiger partial charge >= 0.3 is 0 Å². The summed E-state index contributed by atoms with van der Waals surface area (Å²) in [6.07, 6.45) is 5.50. The molecule has 37 heavy (non-hydrogen) atoms. The van der Waals surface area contributed by atoms with Crippen LogP contribution in [-0.2, 0) is 11.8 Å². The highest BCUT2D eigenvalue weighted by Crippen LogP contribution is 2.38. The van der Waals surface area contributed by atoms with Crippen molar-refractivity contribution in [2.75, 3.05) is 18.4 Å². The van der Waals surface area contributed by atoms with Gasteiger partial charge in [-0.25, -0.2) is 4.98 Å². The number of rotatable bonds is 4. The third-order valence-corrected chi connectivity index (χ3v) is 7.75. The Bertz CT molecular complexity index is 1400. The minimum Gasteiger partial charge on any atom is -0.508 e. The highest BCUT2D eigenvalue weighted by atomic mass is 16.3. The molecule has 1 fully saturated rings. The van der Waals surface area contributed by atoms with Crippen LogP contribution in [0, 0.1) is 29.6 Å². The van der Waals surface area contributed by atoms with Crippen molar-refractivity contribution in [1.82, 2.24) is 14.5 Å². The fourth-order valence-electron chi connectivity index (χ4n) is 5.03. The number of hydrogen-bond acceptors (Lipinski definition) is 5. The van der Waals surface area contributed by atoms with Gasteiger partial charge in [-0.3, -0.25) is 9.59 Å². The number of piperidine rings is 1. The fourth-order valence-corrected chi connectivity index (χ4v) is 5.03. The number of nitrogens with one attached hydrogen (secondary N) is 1. The van der Waals surface area contributed by atoms with Crippen molar-refractivity contribution in [3.05, 3.63) is 52.8 Å². The number of aryl methyl sites for hydroxylation is 2. The molecule has 4 rings (SSSR count). The molecule has 8 heteroatoms. The van der Waals surface area contributed by atoms with Gasteiger partial charge in [0.15, 0.2) is 0 Å². The van der Waals surface area contributed by atoms with Crippen molar-refractivity contribution in [1.29, 1.82) is 5.26 Å². The average molecular weight is 502 g/mol. The van der Waals surface area contributed by atoms with E-state index in [0.717, 1.165) is 42.5 Å². The number of aromatic nitrogens is 2. The summed E-state index contributed by atoms with van der Waals surface area (Å²) in [6, 6.07) is 6.05. The van der Waals surface area contributed by atoms with Crippen LogP contribution < -0.4 is 5.32 Å². The van der Waals surface area contributed by atoms with E-state index in [1.54, 1.807) is 6.20 Å². The minimum absolute atomic E-state index is 0.0324. The average Bonchev–Trinajstić information content (AvgIpc) is 3.20. The number of carbonyl (C=O) groups excluding carboxylic acids is 2. The predicted molar refractivity (Wildman–Crippen MR) is 143 cm³/mol. The topological polar surface area (TPSA) is 111 Å². The molecule has 0 bridgehead atoms. The molecule has 2 amide bonds. The van der Waals surface area contributed by atoms with E-state index in [2.05, 4.69) is 37.3 Å². The van der Waals surface area contributed by atoms with Crippen molar-refractivity contribution in [3.8, 4) is 11.8 Å². The van der Waals surface area contributed by atoms with Gasteiger partial charge in [0.25, 0.3) is 5.91 Å². The second-order valence-electron chi connectivity index (χ2n) is 11.2. The number of carbonyl (C=O) groups is 2. The maximum Gasteiger partial charge on any atom is 0.255 e. The SMILES string of the molecule is Cc1c(NC(=O)c2cc(O)cc(C#N)c2)cnc2c1c(C1CCN(C(=O)[C@H](C)C(C)(C)C)CC1)cn2C. The summed E-state index contributed by atoms with van der Waals surface area (Å²) in [5, 5.41) is 22.9. The number of phenols is 1. The summed E-state index contributed by atoms with van der Waals surface area (Å²) < 4.78 is 2.01. The first-order valence-corrected chi connectivity index (χ1v) is 12.7. The third kappa shape index (κ3) is 5.17. The Balaban J connectivity index is 1.58. The van der Waals surface area contributed by atoms with E-state index >= 15 is 0 Å². The molecule has 194 valence electrons. The first kappa shape index (κ1) is 26.2. The fraction of sp³-hybridized carbons (Fsp3) is 0.448. The van der Waals surface area contributed by atoms with Crippen LogP contribution in [0.3, 0.4) is 0 Å². The maximum absolute atomic E-state index is 13.0. The summed E-state index contributed by atoms with van der Waals surface area (Å²) in [6.45, 7) is 11.7. The minimum atomic E-state index is -0.422. The molecule has 0 saturated carbocycles. The summed E-state index contributed by atoms with van der Waals surface area (Å²) in [5.74, 6) is -0.0860. The molecule has 2 N–H and O–H groups in total. The van der Waals surface area contributed by atoms with E-state index < -0.39 is 5.91 Å². The number of amides is 2. The number of hydrogen-bond donors (Lipinski definition) is 2. The number of fused-ring (bicyclic) bond motifs is 1. The first-order valence-electron chi connectivity index (χ1n) is 12.7. The zero-order valence-corrected chi connectivity index (χ0v) is 22.4.